The first kappa shape index (κ1) is 21.9. The third-order valence-corrected chi connectivity index (χ3v) is 6.51. The van der Waals surface area contributed by atoms with E-state index in [0.717, 1.165) is 24.0 Å². The number of aryl methyl sites for hydroxylation is 3. The van der Waals surface area contributed by atoms with Crippen molar-refractivity contribution in [3.8, 4) is 11.1 Å². The van der Waals surface area contributed by atoms with Crippen molar-refractivity contribution in [2.24, 2.45) is 0 Å². The zero-order valence-corrected chi connectivity index (χ0v) is 18.6. The van der Waals surface area contributed by atoms with Crippen LogP contribution in [0, 0.1) is 27.7 Å². The highest BCUT2D eigenvalue weighted by Gasteiger charge is 2.26. The minimum absolute atomic E-state index is 0.00630. The molecule has 0 radical (unpaired) electrons. The van der Waals surface area contributed by atoms with Gasteiger partial charge in [-0.2, -0.15) is 0 Å². The molecule has 1 aliphatic rings. The second-order valence-electron chi connectivity index (χ2n) is 8.43. The summed E-state index contributed by atoms with van der Waals surface area (Å²) in [5.41, 5.74) is 8.93. The number of fused-ring (bicyclic) bond motifs is 3. The van der Waals surface area contributed by atoms with Gasteiger partial charge in [-0.1, -0.05) is 18.2 Å². The van der Waals surface area contributed by atoms with Crippen molar-refractivity contribution in [3.05, 3.63) is 67.9 Å². The Hall–Kier alpha value is -2.75. The smallest absolute Gasteiger partial charge is 0.305 e. The zero-order chi connectivity index (χ0) is 22.0. The maximum absolute atomic E-state index is 12.7. The third kappa shape index (κ3) is 4.38. The van der Waals surface area contributed by atoms with Crippen LogP contribution in [-0.4, -0.2) is 18.9 Å². The van der Waals surface area contributed by atoms with Gasteiger partial charge in [-0.3, -0.25) is 14.4 Å². The van der Waals surface area contributed by atoms with Crippen molar-refractivity contribution < 1.29 is 14.3 Å². The number of rotatable bonds is 5. The molecule has 2 aromatic rings. The number of esters is 1. The number of ether oxygens (including phenoxy) is 1. The lowest BCUT2D eigenvalue weighted by Crippen LogP contribution is -2.11. The zero-order valence-electron chi connectivity index (χ0n) is 18.6. The molecular weight excluding hydrogens is 376 g/mol. The fourth-order valence-electron chi connectivity index (χ4n) is 4.44. The number of hydrogen-bond donors (Lipinski definition) is 0. The topological polar surface area (TPSA) is 60.4 Å². The predicted molar refractivity (Wildman–Crippen MR) is 119 cm³/mol. The summed E-state index contributed by atoms with van der Waals surface area (Å²) in [7, 11) is 1.33. The van der Waals surface area contributed by atoms with Gasteiger partial charge in [-0.15, -0.1) is 0 Å². The molecule has 0 amide bonds. The van der Waals surface area contributed by atoms with Crippen LogP contribution in [0.3, 0.4) is 0 Å². The summed E-state index contributed by atoms with van der Waals surface area (Å²) in [6.07, 6.45) is 2.26. The number of ketones is 1. The summed E-state index contributed by atoms with van der Waals surface area (Å²) in [6, 6.07) is 7.92. The van der Waals surface area contributed by atoms with Crippen molar-refractivity contribution >= 4 is 11.8 Å². The van der Waals surface area contributed by atoms with Crippen LogP contribution in [0.15, 0.2) is 29.1 Å². The van der Waals surface area contributed by atoms with Crippen LogP contribution >= 0.6 is 0 Å². The summed E-state index contributed by atoms with van der Waals surface area (Å²) in [4.78, 5) is 36.7. The van der Waals surface area contributed by atoms with E-state index < -0.39 is 0 Å². The van der Waals surface area contributed by atoms with Crippen LogP contribution in [0.1, 0.15) is 65.0 Å². The van der Waals surface area contributed by atoms with Crippen LogP contribution in [0.4, 0.5) is 0 Å². The van der Waals surface area contributed by atoms with Crippen LogP contribution in [0.25, 0.3) is 11.1 Å². The summed E-state index contributed by atoms with van der Waals surface area (Å²) in [5.74, 6) is -0.387. The Balaban J connectivity index is 2.10. The van der Waals surface area contributed by atoms with Crippen molar-refractivity contribution in [1.82, 2.24) is 0 Å². The molecule has 0 spiro atoms. The van der Waals surface area contributed by atoms with Crippen LogP contribution < -0.4 is 5.43 Å². The van der Waals surface area contributed by atoms with Gasteiger partial charge in [-0.25, -0.2) is 0 Å². The molecule has 0 N–H and O–H groups in total. The molecule has 4 nitrogen and oxygen atoms in total. The highest BCUT2D eigenvalue weighted by atomic mass is 16.5. The van der Waals surface area contributed by atoms with Crippen molar-refractivity contribution in [2.45, 2.75) is 65.7 Å². The van der Waals surface area contributed by atoms with E-state index in [1.165, 1.54) is 34.9 Å². The van der Waals surface area contributed by atoms with Gasteiger partial charge in [0.05, 0.1) is 13.5 Å². The summed E-state index contributed by atoms with van der Waals surface area (Å²) in [6.45, 7) is 8.24. The van der Waals surface area contributed by atoms with Crippen molar-refractivity contribution in [1.29, 1.82) is 0 Å². The Morgan fingerprint density at radius 2 is 1.73 bits per heavy atom. The first-order valence-corrected chi connectivity index (χ1v) is 10.6. The SMILES string of the molecule is COC(=O)CCC(=O)C[C@H]1CCc2cc(C)c(C)c(C)c2-c2ccc(C)c(=O)cc21. The number of benzene rings is 1. The Morgan fingerprint density at radius 1 is 1.00 bits per heavy atom. The molecule has 4 heteroatoms. The molecule has 0 saturated heterocycles. The summed E-state index contributed by atoms with van der Waals surface area (Å²) in [5, 5.41) is 0. The predicted octanol–water partition coefficient (Wildman–Crippen LogP) is 4.89. The number of Topliss-reactive ketones (excluding diaryl/α,β-unsaturated/α-hetero) is 1. The summed E-state index contributed by atoms with van der Waals surface area (Å²) < 4.78 is 4.65. The molecular formula is C26H30O4. The maximum Gasteiger partial charge on any atom is 0.305 e. The van der Waals surface area contributed by atoms with Gasteiger partial charge in [0.1, 0.15) is 5.78 Å². The molecule has 1 aliphatic carbocycles. The van der Waals surface area contributed by atoms with E-state index in [-0.39, 0.29) is 35.9 Å². The van der Waals surface area contributed by atoms with Gasteiger partial charge in [-0.05, 0) is 97.0 Å². The molecule has 0 bridgehead atoms. The number of methoxy groups -OCH3 is 1. The molecule has 0 unspecified atom stereocenters. The van der Waals surface area contributed by atoms with Crippen LogP contribution in [0.5, 0.6) is 0 Å². The van der Waals surface area contributed by atoms with Gasteiger partial charge in [0, 0.05) is 12.8 Å². The molecule has 0 aliphatic heterocycles. The second-order valence-corrected chi connectivity index (χ2v) is 8.43. The third-order valence-electron chi connectivity index (χ3n) is 6.51. The Labute approximate surface area is 178 Å². The van der Waals surface area contributed by atoms with Crippen molar-refractivity contribution in [3.63, 3.8) is 0 Å². The first-order valence-electron chi connectivity index (χ1n) is 10.6. The number of carbonyl (C=O) groups is 2. The lowest BCUT2D eigenvalue weighted by Gasteiger charge is -2.17. The molecule has 0 fully saturated rings. The van der Waals surface area contributed by atoms with Crippen LogP contribution in [-0.2, 0) is 20.7 Å². The summed E-state index contributed by atoms with van der Waals surface area (Å²) >= 11 is 0. The van der Waals surface area contributed by atoms with Gasteiger partial charge in [0.15, 0.2) is 5.43 Å². The van der Waals surface area contributed by atoms with E-state index in [0.29, 0.717) is 12.0 Å². The minimum atomic E-state index is -0.373. The quantitative estimate of drug-likeness (QED) is 0.664. The monoisotopic (exact) mass is 406 g/mol. The van der Waals surface area contributed by atoms with E-state index in [2.05, 4.69) is 31.6 Å². The van der Waals surface area contributed by atoms with Gasteiger partial charge < -0.3 is 4.74 Å². The van der Waals surface area contributed by atoms with E-state index in [1.807, 2.05) is 19.1 Å². The molecule has 0 heterocycles. The molecule has 158 valence electrons. The molecule has 1 atom stereocenters. The second kappa shape index (κ2) is 8.95. The van der Waals surface area contributed by atoms with E-state index in [4.69, 9.17) is 0 Å². The molecule has 0 saturated carbocycles. The van der Waals surface area contributed by atoms with Gasteiger partial charge >= 0.3 is 5.97 Å². The average molecular weight is 407 g/mol. The van der Waals surface area contributed by atoms with E-state index in [1.54, 1.807) is 6.07 Å². The Kier molecular flexibility index (Phi) is 6.55. The Morgan fingerprint density at radius 3 is 2.43 bits per heavy atom. The fraction of sp³-hybridized carbons (Fsp3) is 0.423. The van der Waals surface area contributed by atoms with Crippen molar-refractivity contribution in [2.75, 3.05) is 7.11 Å². The maximum atomic E-state index is 12.7. The molecule has 0 aromatic heterocycles. The highest BCUT2D eigenvalue weighted by Crippen LogP contribution is 2.42. The van der Waals surface area contributed by atoms with E-state index in [9.17, 15) is 14.4 Å². The standard InChI is InChI=1S/C26H30O4/c1-15-6-10-22-23(14-24(15)28)19(13-21(27)9-11-25(29)30-5)7-8-20-12-16(2)17(3)18(4)26(20)22/h6,10,12,14,19H,7-9,11,13H2,1-5H3/t19-/m1/s1. The molecule has 2 aromatic carbocycles. The fourth-order valence-corrected chi connectivity index (χ4v) is 4.44. The number of hydrogen-bond acceptors (Lipinski definition) is 4. The Bertz CT molecular complexity index is 1070. The molecule has 3 rings (SSSR count). The molecule has 30 heavy (non-hydrogen) atoms. The minimum Gasteiger partial charge on any atom is -0.469 e. The van der Waals surface area contributed by atoms with Gasteiger partial charge in [0.25, 0.3) is 0 Å². The lowest BCUT2D eigenvalue weighted by molar-refractivity contribution is -0.142. The van der Waals surface area contributed by atoms with E-state index >= 15 is 0 Å². The lowest BCUT2D eigenvalue weighted by atomic mass is 9.86. The first-order chi connectivity index (χ1) is 14.2. The normalized spacial score (nSPS) is 15.0. The number of carbonyl (C=O) groups excluding carboxylic acids is 2. The largest absolute Gasteiger partial charge is 0.469 e. The average Bonchev–Trinajstić information content (AvgIpc) is 2.94. The van der Waals surface area contributed by atoms with Gasteiger partial charge in [0.2, 0.25) is 0 Å². The highest BCUT2D eigenvalue weighted by molar-refractivity contribution is 5.84. The van der Waals surface area contributed by atoms with Crippen LogP contribution in [0.2, 0.25) is 0 Å².